The third kappa shape index (κ3) is 4.41. The maximum Gasteiger partial charge on any atom is 0.418 e. The molecule has 12 heteroatoms. The van der Waals surface area contributed by atoms with Crippen LogP contribution in [0.3, 0.4) is 0 Å². The first kappa shape index (κ1) is 20.7. The van der Waals surface area contributed by atoms with Crippen molar-refractivity contribution in [3.05, 3.63) is 57.9 Å². The molecule has 0 atom stereocenters. The van der Waals surface area contributed by atoms with Gasteiger partial charge in [-0.25, -0.2) is 13.2 Å². The molecule has 27 heavy (non-hydrogen) atoms. The highest BCUT2D eigenvalue weighted by atomic mass is 35.5. The van der Waals surface area contributed by atoms with Gasteiger partial charge in [-0.2, -0.15) is 22.0 Å². The van der Waals surface area contributed by atoms with Crippen LogP contribution in [0.4, 0.5) is 40.8 Å². The van der Waals surface area contributed by atoms with E-state index in [0.29, 0.717) is 6.07 Å². The van der Waals surface area contributed by atoms with E-state index < -0.39 is 64.8 Å². The molecule has 0 spiro atoms. The number of alkyl halides is 3. The first-order chi connectivity index (χ1) is 12.4. The van der Waals surface area contributed by atoms with Crippen LogP contribution in [0.1, 0.15) is 5.56 Å². The molecule has 0 heterocycles. The van der Waals surface area contributed by atoms with Crippen molar-refractivity contribution in [1.82, 2.24) is 0 Å². The van der Waals surface area contributed by atoms with E-state index in [0.717, 1.165) is 12.1 Å². The Morgan fingerprint density at radius 1 is 0.963 bits per heavy atom. The van der Waals surface area contributed by atoms with Crippen LogP contribution < -0.4 is 10.1 Å². The lowest BCUT2D eigenvalue weighted by molar-refractivity contribution is -0.137. The summed E-state index contributed by atoms with van der Waals surface area (Å²) in [6.45, 7) is -1.34. The lowest BCUT2D eigenvalue weighted by atomic mass is 10.1. The van der Waals surface area contributed by atoms with Gasteiger partial charge in [0.05, 0.1) is 11.3 Å². The second kappa shape index (κ2) is 7.59. The van der Waals surface area contributed by atoms with Crippen molar-refractivity contribution >= 4 is 23.2 Å². The first-order valence-electron chi connectivity index (χ1n) is 6.74. The molecule has 1 N–H and O–H groups in total. The SMILES string of the molecule is O=C(COc1c(F)c(F)c(F)c(F)c1F)Nc1ccc(Cl)cc1C(F)(F)F. The number of carbonyl (C=O) groups is 1. The molecule has 1 amide bonds. The van der Waals surface area contributed by atoms with E-state index in [9.17, 15) is 39.9 Å². The number of hydrogen-bond donors (Lipinski definition) is 1. The average molecular weight is 420 g/mol. The molecule has 0 radical (unpaired) electrons. The number of anilines is 1. The molecule has 0 unspecified atom stereocenters. The van der Waals surface area contributed by atoms with E-state index in [4.69, 9.17) is 11.6 Å². The molecule has 2 rings (SSSR count). The standard InChI is InChI=1S/C15H6ClF8NO2/c16-5-1-2-7(6(3-5)15(22,23)24)25-8(26)4-27-14-12(20)10(18)9(17)11(19)13(14)21/h1-3H,4H2,(H,25,26). The second-order valence-electron chi connectivity index (χ2n) is 4.92. The smallest absolute Gasteiger partial charge is 0.418 e. The van der Waals surface area contributed by atoms with Gasteiger partial charge in [0.15, 0.2) is 12.4 Å². The fraction of sp³-hybridized carbons (Fsp3) is 0.133. The summed E-state index contributed by atoms with van der Waals surface area (Å²) >= 11 is 5.46. The lowest BCUT2D eigenvalue weighted by Crippen LogP contribution is -2.23. The van der Waals surface area contributed by atoms with Gasteiger partial charge in [-0.3, -0.25) is 4.79 Å². The van der Waals surface area contributed by atoms with Gasteiger partial charge in [-0.15, -0.1) is 0 Å². The topological polar surface area (TPSA) is 38.3 Å². The molecule has 0 bridgehead atoms. The number of ether oxygens (including phenoxy) is 1. The molecule has 146 valence electrons. The van der Waals surface area contributed by atoms with Crippen LogP contribution >= 0.6 is 11.6 Å². The molecule has 2 aromatic rings. The van der Waals surface area contributed by atoms with E-state index in [-0.39, 0.29) is 5.02 Å². The van der Waals surface area contributed by atoms with Crippen molar-refractivity contribution in [3.63, 3.8) is 0 Å². The van der Waals surface area contributed by atoms with E-state index in [1.165, 1.54) is 0 Å². The van der Waals surface area contributed by atoms with Gasteiger partial charge in [0.2, 0.25) is 29.1 Å². The summed E-state index contributed by atoms with van der Waals surface area (Å²) in [5, 5.41) is 1.47. The zero-order chi connectivity index (χ0) is 20.5. The third-order valence-corrected chi connectivity index (χ3v) is 3.31. The normalized spacial score (nSPS) is 11.4. The van der Waals surface area contributed by atoms with Crippen LogP contribution in [0.5, 0.6) is 5.75 Å². The third-order valence-electron chi connectivity index (χ3n) is 3.08. The zero-order valence-corrected chi connectivity index (χ0v) is 13.4. The Balaban J connectivity index is 2.20. The quantitative estimate of drug-likeness (QED) is 0.427. The van der Waals surface area contributed by atoms with Crippen molar-refractivity contribution in [1.29, 1.82) is 0 Å². The van der Waals surface area contributed by atoms with Gasteiger partial charge < -0.3 is 10.1 Å². The summed E-state index contributed by atoms with van der Waals surface area (Å²) in [7, 11) is 0. The van der Waals surface area contributed by atoms with Crippen LogP contribution in [0.2, 0.25) is 5.02 Å². The van der Waals surface area contributed by atoms with Crippen molar-refractivity contribution in [2.45, 2.75) is 6.18 Å². The number of benzene rings is 2. The number of carbonyl (C=O) groups excluding carboxylic acids is 1. The van der Waals surface area contributed by atoms with Crippen molar-refractivity contribution in [2.75, 3.05) is 11.9 Å². The minimum Gasteiger partial charge on any atom is -0.477 e. The number of halogens is 9. The van der Waals surface area contributed by atoms with Gasteiger partial charge in [0, 0.05) is 5.02 Å². The Morgan fingerprint density at radius 2 is 1.48 bits per heavy atom. The van der Waals surface area contributed by atoms with Crippen LogP contribution in [0, 0.1) is 29.1 Å². The first-order valence-corrected chi connectivity index (χ1v) is 7.12. The summed E-state index contributed by atoms with van der Waals surface area (Å²) in [6.07, 6.45) is -4.89. The Hall–Kier alpha value is -2.56. The number of nitrogens with one attached hydrogen (secondary N) is 1. The molecule has 3 nitrogen and oxygen atoms in total. The molecule has 2 aromatic carbocycles. The molecule has 0 fully saturated rings. The monoisotopic (exact) mass is 419 g/mol. The number of amides is 1. The highest BCUT2D eigenvalue weighted by Crippen LogP contribution is 2.36. The molecule has 0 aliphatic heterocycles. The van der Waals surface area contributed by atoms with E-state index in [1.54, 1.807) is 5.32 Å². The fourth-order valence-electron chi connectivity index (χ4n) is 1.90. The Kier molecular flexibility index (Phi) is 5.83. The fourth-order valence-corrected chi connectivity index (χ4v) is 2.07. The second-order valence-corrected chi connectivity index (χ2v) is 5.36. The molecule has 0 aliphatic carbocycles. The van der Waals surface area contributed by atoms with Crippen LogP contribution in [-0.4, -0.2) is 12.5 Å². The maximum absolute atomic E-state index is 13.4. The van der Waals surface area contributed by atoms with Gasteiger partial charge in [-0.05, 0) is 18.2 Å². The summed E-state index contributed by atoms with van der Waals surface area (Å²) in [4.78, 5) is 11.7. The number of rotatable bonds is 4. The van der Waals surface area contributed by atoms with Crippen LogP contribution in [-0.2, 0) is 11.0 Å². The van der Waals surface area contributed by atoms with Crippen molar-refractivity contribution in [3.8, 4) is 5.75 Å². The molecule has 0 aromatic heterocycles. The number of hydrogen-bond acceptors (Lipinski definition) is 2. The van der Waals surface area contributed by atoms with Crippen LogP contribution in [0.25, 0.3) is 0 Å². The summed E-state index contributed by atoms with van der Waals surface area (Å²) in [5.74, 6) is -14.8. The van der Waals surface area contributed by atoms with Crippen LogP contribution in [0.15, 0.2) is 18.2 Å². The summed E-state index contributed by atoms with van der Waals surface area (Å²) in [6, 6.07) is 2.35. The molecule has 0 aliphatic rings. The van der Waals surface area contributed by atoms with Gasteiger partial charge in [-0.1, -0.05) is 11.6 Å². The van der Waals surface area contributed by atoms with Gasteiger partial charge in [0.1, 0.15) is 0 Å². The summed E-state index contributed by atoms with van der Waals surface area (Å²) < 4.78 is 109. The van der Waals surface area contributed by atoms with Gasteiger partial charge >= 0.3 is 6.18 Å². The molecule has 0 saturated heterocycles. The van der Waals surface area contributed by atoms with E-state index >= 15 is 0 Å². The average Bonchev–Trinajstić information content (AvgIpc) is 2.59. The predicted molar refractivity (Wildman–Crippen MR) is 76.8 cm³/mol. The Bertz CT molecular complexity index is 871. The highest BCUT2D eigenvalue weighted by Gasteiger charge is 2.34. The molecular formula is C15H6ClF8NO2. The van der Waals surface area contributed by atoms with E-state index in [2.05, 4.69) is 4.74 Å². The van der Waals surface area contributed by atoms with Crippen molar-refractivity contribution in [2.24, 2.45) is 0 Å². The van der Waals surface area contributed by atoms with E-state index in [1.807, 2.05) is 0 Å². The minimum atomic E-state index is -4.89. The van der Waals surface area contributed by atoms with Crippen molar-refractivity contribution < 1.29 is 44.7 Å². The lowest BCUT2D eigenvalue weighted by Gasteiger charge is -2.15. The summed E-state index contributed by atoms with van der Waals surface area (Å²) in [5.41, 5.74) is -2.07. The Morgan fingerprint density at radius 3 is 2.00 bits per heavy atom. The largest absolute Gasteiger partial charge is 0.477 e. The zero-order valence-electron chi connectivity index (χ0n) is 12.7. The highest BCUT2D eigenvalue weighted by molar-refractivity contribution is 6.30. The maximum atomic E-state index is 13.4. The van der Waals surface area contributed by atoms with Gasteiger partial charge in [0.25, 0.3) is 5.91 Å². The minimum absolute atomic E-state index is 0.280. The predicted octanol–water partition coefficient (Wildman–Crippen LogP) is 5.07. The molecule has 0 saturated carbocycles. The molecular weight excluding hydrogens is 414 g/mol. The Labute approximate surface area is 150 Å².